The van der Waals surface area contributed by atoms with E-state index in [4.69, 9.17) is 4.74 Å². The van der Waals surface area contributed by atoms with Crippen molar-refractivity contribution in [1.82, 2.24) is 10.2 Å². The number of carbonyl (C=O) groups is 3. The first kappa shape index (κ1) is 18.9. The molecule has 0 radical (unpaired) electrons. The fourth-order valence-electron chi connectivity index (χ4n) is 2.57. The van der Waals surface area contributed by atoms with Gasteiger partial charge in [0, 0.05) is 5.69 Å². The quantitative estimate of drug-likeness (QED) is 0.599. The van der Waals surface area contributed by atoms with E-state index in [-0.39, 0.29) is 12.2 Å². The van der Waals surface area contributed by atoms with Crippen LogP contribution in [0.5, 0.6) is 5.75 Å². The van der Waals surface area contributed by atoms with E-state index >= 15 is 0 Å². The van der Waals surface area contributed by atoms with Gasteiger partial charge in [0.15, 0.2) is 0 Å². The molecule has 0 aromatic heterocycles. The summed E-state index contributed by atoms with van der Waals surface area (Å²) < 4.78 is 5.05. The van der Waals surface area contributed by atoms with Gasteiger partial charge in [0.1, 0.15) is 18.0 Å². The van der Waals surface area contributed by atoms with E-state index in [1.807, 2.05) is 36.4 Å². The first-order valence-electron chi connectivity index (χ1n) is 8.57. The number of benzene rings is 2. The Bertz CT molecular complexity index is 934. The van der Waals surface area contributed by atoms with Gasteiger partial charge in [0.05, 0.1) is 7.11 Å². The van der Waals surface area contributed by atoms with Crippen LogP contribution in [-0.4, -0.2) is 36.4 Å². The molecule has 142 valence electrons. The average Bonchev–Trinajstić information content (AvgIpc) is 2.97. The van der Waals surface area contributed by atoms with Crippen LogP contribution >= 0.6 is 0 Å². The largest absolute Gasteiger partial charge is 0.497 e. The van der Waals surface area contributed by atoms with Gasteiger partial charge in [-0.1, -0.05) is 42.5 Å². The van der Waals surface area contributed by atoms with E-state index in [1.54, 1.807) is 37.5 Å². The highest BCUT2D eigenvalue weighted by atomic mass is 16.5. The van der Waals surface area contributed by atoms with Crippen LogP contribution in [0.25, 0.3) is 6.08 Å². The van der Waals surface area contributed by atoms with Crippen molar-refractivity contribution in [2.24, 2.45) is 0 Å². The predicted octanol–water partition coefficient (Wildman–Crippen LogP) is 2.78. The zero-order valence-corrected chi connectivity index (χ0v) is 15.2. The molecule has 0 bridgehead atoms. The number of methoxy groups -OCH3 is 1. The topological polar surface area (TPSA) is 87.7 Å². The van der Waals surface area contributed by atoms with E-state index in [1.165, 1.54) is 6.08 Å². The molecule has 0 aliphatic carbocycles. The van der Waals surface area contributed by atoms with Crippen molar-refractivity contribution in [3.05, 3.63) is 78.0 Å². The zero-order chi connectivity index (χ0) is 19.9. The molecule has 0 atom stereocenters. The van der Waals surface area contributed by atoms with Crippen molar-refractivity contribution in [3.63, 3.8) is 0 Å². The Labute approximate surface area is 162 Å². The van der Waals surface area contributed by atoms with Gasteiger partial charge in [-0.2, -0.15) is 0 Å². The summed E-state index contributed by atoms with van der Waals surface area (Å²) >= 11 is 0. The number of carbonyl (C=O) groups excluding carboxylic acids is 3. The molecule has 3 rings (SSSR count). The van der Waals surface area contributed by atoms with Gasteiger partial charge in [-0.15, -0.1) is 0 Å². The van der Waals surface area contributed by atoms with Gasteiger partial charge in [-0.3, -0.25) is 9.59 Å². The molecule has 1 heterocycles. The number of nitrogens with zero attached hydrogens (tertiary/aromatic N) is 1. The molecule has 0 spiro atoms. The van der Waals surface area contributed by atoms with Gasteiger partial charge in [0.25, 0.3) is 5.91 Å². The number of allylic oxidation sites excluding steroid dienone is 2. The van der Waals surface area contributed by atoms with Crippen LogP contribution in [0.15, 0.2) is 72.4 Å². The minimum absolute atomic E-state index is 0.120. The number of ether oxygens (including phenoxy) is 1. The highest BCUT2D eigenvalue weighted by molar-refractivity contribution is 6.14. The Balaban J connectivity index is 1.60. The fourth-order valence-corrected chi connectivity index (χ4v) is 2.57. The number of hydrogen-bond donors (Lipinski definition) is 2. The van der Waals surface area contributed by atoms with Gasteiger partial charge in [0.2, 0.25) is 5.91 Å². The molecule has 1 aliphatic heterocycles. The summed E-state index contributed by atoms with van der Waals surface area (Å²) in [6.07, 6.45) is 4.99. The third-order valence-corrected chi connectivity index (χ3v) is 3.99. The lowest BCUT2D eigenvalue weighted by molar-refractivity contribution is -0.127. The average molecular weight is 377 g/mol. The summed E-state index contributed by atoms with van der Waals surface area (Å²) in [7, 11) is 1.55. The van der Waals surface area contributed by atoms with Gasteiger partial charge in [-0.05, 0) is 35.9 Å². The minimum Gasteiger partial charge on any atom is -0.497 e. The predicted molar refractivity (Wildman–Crippen MR) is 105 cm³/mol. The van der Waals surface area contributed by atoms with Crippen LogP contribution in [0.4, 0.5) is 10.5 Å². The molecule has 7 heteroatoms. The number of rotatable bonds is 6. The molecule has 1 saturated heterocycles. The van der Waals surface area contributed by atoms with Crippen molar-refractivity contribution < 1.29 is 19.1 Å². The van der Waals surface area contributed by atoms with Gasteiger partial charge in [-0.25, -0.2) is 9.69 Å². The van der Waals surface area contributed by atoms with Crippen LogP contribution in [0.1, 0.15) is 5.56 Å². The first-order valence-corrected chi connectivity index (χ1v) is 8.57. The normalized spacial score (nSPS) is 15.2. The Morgan fingerprint density at radius 1 is 1.11 bits per heavy atom. The fraction of sp³-hybridized carbons (Fsp3) is 0.0952. The molecule has 28 heavy (non-hydrogen) atoms. The summed E-state index contributed by atoms with van der Waals surface area (Å²) in [4.78, 5) is 37.4. The third kappa shape index (κ3) is 4.64. The number of anilines is 1. The molecule has 1 aliphatic rings. The second kappa shape index (κ2) is 8.68. The van der Waals surface area contributed by atoms with Crippen LogP contribution in [0.3, 0.4) is 0 Å². The number of imide groups is 1. The molecule has 7 nitrogen and oxygen atoms in total. The molecule has 0 saturated carbocycles. The maximum absolute atomic E-state index is 12.4. The van der Waals surface area contributed by atoms with Crippen molar-refractivity contribution >= 4 is 29.6 Å². The second-order valence-corrected chi connectivity index (χ2v) is 5.95. The summed E-state index contributed by atoms with van der Waals surface area (Å²) in [5, 5.41) is 5.11. The molecule has 0 unspecified atom stereocenters. The number of urea groups is 1. The lowest BCUT2D eigenvalue weighted by Crippen LogP contribution is -2.38. The third-order valence-electron chi connectivity index (χ3n) is 3.99. The van der Waals surface area contributed by atoms with E-state index < -0.39 is 17.8 Å². The Morgan fingerprint density at radius 3 is 2.50 bits per heavy atom. The SMILES string of the molecule is COc1ccc(NC(=O)CN2C(=O)N/C(=C/C=C/c3ccccc3)C2=O)cc1. The highest BCUT2D eigenvalue weighted by Crippen LogP contribution is 2.16. The van der Waals surface area contributed by atoms with Crippen LogP contribution in [0, 0.1) is 0 Å². The smallest absolute Gasteiger partial charge is 0.329 e. The summed E-state index contributed by atoms with van der Waals surface area (Å²) in [5.74, 6) is -0.368. The molecule has 2 aromatic carbocycles. The number of hydrogen-bond acceptors (Lipinski definition) is 4. The number of amides is 4. The van der Waals surface area contributed by atoms with Crippen LogP contribution < -0.4 is 15.4 Å². The number of nitrogens with one attached hydrogen (secondary N) is 2. The Morgan fingerprint density at radius 2 is 1.82 bits per heavy atom. The van der Waals surface area contributed by atoms with Crippen molar-refractivity contribution in [3.8, 4) is 5.75 Å². The standard InChI is InChI=1S/C21H19N3O4/c1-28-17-12-10-16(11-13-17)22-19(25)14-24-20(26)18(23-21(24)27)9-5-8-15-6-3-2-4-7-15/h2-13H,14H2,1H3,(H,22,25)(H,23,27)/b8-5+,18-9+. The second-order valence-electron chi connectivity index (χ2n) is 5.95. The van der Waals surface area contributed by atoms with Crippen molar-refractivity contribution in [2.75, 3.05) is 19.0 Å². The van der Waals surface area contributed by atoms with Crippen molar-refractivity contribution in [1.29, 1.82) is 0 Å². The van der Waals surface area contributed by atoms with E-state index in [9.17, 15) is 14.4 Å². The molecule has 4 amide bonds. The summed E-state index contributed by atoms with van der Waals surface area (Å²) in [6.45, 7) is -0.379. The zero-order valence-electron chi connectivity index (χ0n) is 15.2. The Hall–Kier alpha value is -3.87. The van der Waals surface area contributed by atoms with E-state index in [0.717, 1.165) is 10.5 Å². The monoisotopic (exact) mass is 377 g/mol. The summed E-state index contributed by atoms with van der Waals surface area (Å²) in [6, 6.07) is 15.6. The van der Waals surface area contributed by atoms with E-state index in [2.05, 4.69) is 10.6 Å². The summed E-state index contributed by atoms with van der Waals surface area (Å²) in [5.41, 5.74) is 1.63. The minimum atomic E-state index is -0.630. The van der Waals surface area contributed by atoms with Crippen LogP contribution in [-0.2, 0) is 9.59 Å². The van der Waals surface area contributed by atoms with Crippen molar-refractivity contribution in [2.45, 2.75) is 0 Å². The van der Waals surface area contributed by atoms with Gasteiger partial charge < -0.3 is 15.4 Å². The van der Waals surface area contributed by atoms with E-state index in [0.29, 0.717) is 11.4 Å². The maximum Gasteiger partial charge on any atom is 0.329 e. The van der Waals surface area contributed by atoms with Gasteiger partial charge >= 0.3 is 6.03 Å². The molecular formula is C21H19N3O4. The highest BCUT2D eigenvalue weighted by Gasteiger charge is 2.34. The maximum atomic E-state index is 12.4. The Kier molecular flexibility index (Phi) is 5.86. The molecule has 2 N–H and O–H groups in total. The lowest BCUT2D eigenvalue weighted by atomic mass is 10.2. The molecule has 1 fully saturated rings. The van der Waals surface area contributed by atoms with Crippen LogP contribution in [0.2, 0.25) is 0 Å². The molecule has 2 aromatic rings. The first-order chi connectivity index (χ1) is 13.6. The lowest BCUT2D eigenvalue weighted by Gasteiger charge is -2.12. The molecular weight excluding hydrogens is 358 g/mol.